The van der Waals surface area contributed by atoms with E-state index < -0.39 is 5.97 Å². The summed E-state index contributed by atoms with van der Waals surface area (Å²) in [6.45, 7) is 1.80. The fourth-order valence-electron chi connectivity index (χ4n) is 0.204. The van der Waals surface area contributed by atoms with E-state index in [0.29, 0.717) is 6.42 Å². The summed E-state index contributed by atoms with van der Waals surface area (Å²) in [5, 5.41) is 9.49. The fraction of sp³-hybridized carbons (Fsp3) is 0.750. The molecule has 0 bridgehead atoms. The van der Waals surface area contributed by atoms with Crippen molar-refractivity contribution in [1.82, 2.24) is 0 Å². The quantitative estimate of drug-likeness (QED) is 0.361. The SMILES string of the molecule is CCCC(=O)[O-].[K+]. The van der Waals surface area contributed by atoms with Gasteiger partial charge in [-0.1, -0.05) is 13.3 Å². The minimum atomic E-state index is -0.961. The number of hydrogen-bond acceptors (Lipinski definition) is 2. The molecule has 0 aliphatic rings. The van der Waals surface area contributed by atoms with Gasteiger partial charge in [0, 0.05) is 5.97 Å². The first-order valence-electron chi connectivity index (χ1n) is 1.97. The fourth-order valence-corrected chi connectivity index (χ4v) is 0.204. The third kappa shape index (κ3) is 11.0. The summed E-state index contributed by atoms with van der Waals surface area (Å²) >= 11 is 0. The van der Waals surface area contributed by atoms with Gasteiger partial charge in [-0.15, -0.1) is 0 Å². The van der Waals surface area contributed by atoms with E-state index in [-0.39, 0.29) is 57.8 Å². The summed E-state index contributed by atoms with van der Waals surface area (Å²) in [5.41, 5.74) is 0. The van der Waals surface area contributed by atoms with Crippen LogP contribution in [0.4, 0.5) is 0 Å². The molecule has 0 saturated carbocycles. The number of aliphatic carboxylic acids is 1. The molecular formula is C4H7KO2. The molecule has 0 heterocycles. The van der Waals surface area contributed by atoms with Crippen LogP contribution in [0.3, 0.4) is 0 Å². The van der Waals surface area contributed by atoms with E-state index in [2.05, 4.69) is 0 Å². The van der Waals surface area contributed by atoms with E-state index in [9.17, 15) is 9.90 Å². The molecule has 0 saturated heterocycles. The summed E-state index contributed by atoms with van der Waals surface area (Å²) in [6, 6.07) is 0. The summed E-state index contributed by atoms with van der Waals surface area (Å²) < 4.78 is 0. The molecule has 0 spiro atoms. The van der Waals surface area contributed by atoms with Crippen molar-refractivity contribution in [3.63, 3.8) is 0 Å². The third-order valence-corrected chi connectivity index (χ3v) is 0.454. The standard InChI is InChI=1S/C4H8O2.K/c1-2-3-4(5)6;/h2-3H2,1H3,(H,5,6);/q;+1/p-1. The molecule has 0 N–H and O–H groups in total. The van der Waals surface area contributed by atoms with Crippen LogP contribution < -0.4 is 56.5 Å². The Labute approximate surface area is 85.7 Å². The molecule has 0 radical (unpaired) electrons. The van der Waals surface area contributed by atoms with Crippen molar-refractivity contribution in [1.29, 1.82) is 0 Å². The Bertz CT molecular complexity index is 53.7. The summed E-state index contributed by atoms with van der Waals surface area (Å²) in [4.78, 5) is 9.49. The maximum Gasteiger partial charge on any atom is 1.00 e. The molecule has 0 unspecified atom stereocenters. The molecule has 7 heavy (non-hydrogen) atoms. The molecule has 36 valence electrons. The molecule has 0 rings (SSSR count). The van der Waals surface area contributed by atoms with Crippen LogP contribution in [0, 0.1) is 0 Å². The van der Waals surface area contributed by atoms with E-state index in [1.807, 2.05) is 0 Å². The van der Waals surface area contributed by atoms with Crippen molar-refractivity contribution >= 4 is 5.97 Å². The van der Waals surface area contributed by atoms with Crippen LogP contribution in [-0.2, 0) is 4.79 Å². The van der Waals surface area contributed by atoms with Gasteiger partial charge in [0.05, 0.1) is 0 Å². The normalized spacial score (nSPS) is 7.00. The summed E-state index contributed by atoms with van der Waals surface area (Å²) in [6.07, 6.45) is 0.850. The summed E-state index contributed by atoms with van der Waals surface area (Å²) in [5.74, 6) is -0.961. The molecule has 0 atom stereocenters. The van der Waals surface area contributed by atoms with E-state index in [4.69, 9.17) is 0 Å². The molecule has 0 aromatic rings. The largest absolute Gasteiger partial charge is 1.00 e. The average Bonchev–Trinajstić information content (AvgIpc) is 1.35. The monoisotopic (exact) mass is 126 g/mol. The molecule has 0 fully saturated rings. The second kappa shape index (κ2) is 7.11. The molecule has 0 aromatic carbocycles. The minimum Gasteiger partial charge on any atom is -0.550 e. The van der Waals surface area contributed by atoms with Crippen LogP contribution >= 0.6 is 0 Å². The Morgan fingerprint density at radius 2 is 2.14 bits per heavy atom. The average molecular weight is 126 g/mol. The smallest absolute Gasteiger partial charge is 0.550 e. The summed E-state index contributed by atoms with van der Waals surface area (Å²) in [7, 11) is 0. The predicted molar refractivity (Wildman–Crippen MR) is 19.9 cm³/mol. The Balaban J connectivity index is 0. The zero-order chi connectivity index (χ0) is 4.99. The van der Waals surface area contributed by atoms with Crippen molar-refractivity contribution in [3.05, 3.63) is 0 Å². The maximum atomic E-state index is 9.49. The second-order valence-electron chi connectivity index (χ2n) is 1.12. The predicted octanol–water partition coefficient (Wildman–Crippen LogP) is -3.46. The number of carboxylic acid groups (broad SMARTS) is 1. The van der Waals surface area contributed by atoms with Crippen LogP contribution in [0.5, 0.6) is 0 Å². The van der Waals surface area contributed by atoms with Crippen molar-refractivity contribution in [2.75, 3.05) is 0 Å². The van der Waals surface area contributed by atoms with Gasteiger partial charge in [-0.2, -0.15) is 0 Å². The van der Waals surface area contributed by atoms with Crippen LogP contribution in [-0.4, -0.2) is 5.97 Å². The molecule has 0 aromatic heterocycles. The van der Waals surface area contributed by atoms with Gasteiger partial charge >= 0.3 is 51.4 Å². The number of carbonyl (C=O) groups is 1. The number of carboxylic acids is 1. The van der Waals surface area contributed by atoms with Crippen molar-refractivity contribution in [2.24, 2.45) is 0 Å². The zero-order valence-electron chi connectivity index (χ0n) is 4.73. The van der Waals surface area contributed by atoms with Gasteiger partial charge in [0.25, 0.3) is 0 Å². The maximum absolute atomic E-state index is 9.49. The number of rotatable bonds is 2. The first kappa shape index (κ1) is 11.0. The van der Waals surface area contributed by atoms with Gasteiger partial charge in [-0.05, 0) is 6.42 Å². The Kier molecular flexibility index (Phi) is 11.1. The topological polar surface area (TPSA) is 40.1 Å². The zero-order valence-corrected chi connectivity index (χ0v) is 7.85. The van der Waals surface area contributed by atoms with E-state index in [0.717, 1.165) is 0 Å². The van der Waals surface area contributed by atoms with E-state index in [1.165, 1.54) is 0 Å². The van der Waals surface area contributed by atoms with E-state index in [1.54, 1.807) is 6.92 Å². The number of carbonyl (C=O) groups excluding carboxylic acids is 1. The first-order chi connectivity index (χ1) is 2.77. The third-order valence-electron chi connectivity index (χ3n) is 0.454. The minimum absolute atomic E-state index is 0. The van der Waals surface area contributed by atoms with Crippen molar-refractivity contribution in [3.8, 4) is 0 Å². The van der Waals surface area contributed by atoms with Crippen LogP contribution in [0.1, 0.15) is 19.8 Å². The van der Waals surface area contributed by atoms with E-state index >= 15 is 0 Å². The second-order valence-corrected chi connectivity index (χ2v) is 1.12. The van der Waals surface area contributed by atoms with Crippen molar-refractivity contribution < 1.29 is 61.3 Å². The van der Waals surface area contributed by atoms with Crippen LogP contribution in [0.15, 0.2) is 0 Å². The van der Waals surface area contributed by atoms with Gasteiger partial charge in [-0.3, -0.25) is 0 Å². The Hall–Kier alpha value is 1.11. The van der Waals surface area contributed by atoms with Crippen LogP contribution in [0.2, 0.25) is 0 Å². The molecule has 2 nitrogen and oxygen atoms in total. The van der Waals surface area contributed by atoms with Crippen LogP contribution in [0.25, 0.3) is 0 Å². The Morgan fingerprint density at radius 1 is 1.71 bits per heavy atom. The molecular weight excluding hydrogens is 119 g/mol. The van der Waals surface area contributed by atoms with Gasteiger partial charge in [-0.25, -0.2) is 0 Å². The first-order valence-corrected chi connectivity index (χ1v) is 1.97. The number of hydrogen-bond donors (Lipinski definition) is 0. The molecule has 0 aliphatic heterocycles. The molecule has 3 heteroatoms. The molecule has 0 amide bonds. The van der Waals surface area contributed by atoms with Gasteiger partial charge in [0.1, 0.15) is 0 Å². The molecule has 0 aliphatic carbocycles. The van der Waals surface area contributed by atoms with Gasteiger partial charge < -0.3 is 9.90 Å². The van der Waals surface area contributed by atoms with Crippen molar-refractivity contribution in [2.45, 2.75) is 19.8 Å². The van der Waals surface area contributed by atoms with Gasteiger partial charge in [0.2, 0.25) is 0 Å². The van der Waals surface area contributed by atoms with Gasteiger partial charge in [0.15, 0.2) is 0 Å². The Morgan fingerprint density at radius 3 is 2.14 bits per heavy atom.